The minimum Gasteiger partial charge on any atom is -0.388 e. The van der Waals surface area contributed by atoms with Crippen molar-refractivity contribution in [3.63, 3.8) is 0 Å². The smallest absolute Gasteiger partial charge is 0.222 e. The number of carbonyl (C=O) groups is 1. The van der Waals surface area contributed by atoms with Crippen molar-refractivity contribution in [3.05, 3.63) is 71.5 Å². The van der Waals surface area contributed by atoms with Gasteiger partial charge < -0.3 is 10.0 Å². The monoisotopic (exact) mass is 341 g/mol. The maximum Gasteiger partial charge on any atom is 0.222 e. The number of hydrogen-bond acceptors (Lipinski definition) is 2. The summed E-state index contributed by atoms with van der Waals surface area (Å²) in [7, 11) is 0. The molecule has 1 saturated heterocycles. The first-order valence-electron chi connectivity index (χ1n) is 8.89. The zero-order valence-corrected chi connectivity index (χ0v) is 14.3. The average molecular weight is 341 g/mol. The van der Waals surface area contributed by atoms with Crippen molar-refractivity contribution in [1.29, 1.82) is 0 Å². The Labute approximate surface area is 148 Å². The lowest BCUT2D eigenvalue weighted by atomic mass is 9.87. The number of nitrogens with zero attached hydrogens (tertiary/aromatic N) is 1. The standard InChI is InChI=1S/C21H24FNO2/c22-19-9-6-16(7-10-19)8-11-20(24)23-14-12-18(13-15-23)21(25)17-4-2-1-3-5-17/h1-7,9-10,18,21,25H,8,11-15H2/t21-/m1/s1. The normalized spacial score (nSPS) is 16.6. The van der Waals surface area contributed by atoms with Crippen molar-refractivity contribution in [2.24, 2.45) is 5.92 Å². The van der Waals surface area contributed by atoms with Gasteiger partial charge in [0.2, 0.25) is 5.91 Å². The fraction of sp³-hybridized carbons (Fsp3) is 0.381. The van der Waals surface area contributed by atoms with E-state index >= 15 is 0 Å². The molecule has 0 aromatic heterocycles. The largest absolute Gasteiger partial charge is 0.388 e. The van der Waals surface area contributed by atoms with Gasteiger partial charge in [-0.25, -0.2) is 4.39 Å². The van der Waals surface area contributed by atoms with Gasteiger partial charge >= 0.3 is 0 Å². The molecule has 0 spiro atoms. The van der Waals surface area contributed by atoms with Gasteiger partial charge in [0.1, 0.15) is 5.82 Å². The number of aliphatic hydroxyl groups is 1. The summed E-state index contributed by atoms with van der Waals surface area (Å²) in [5.41, 5.74) is 1.92. The minimum absolute atomic E-state index is 0.136. The fourth-order valence-corrected chi connectivity index (χ4v) is 3.45. The Kier molecular flexibility index (Phi) is 5.82. The molecule has 2 aromatic rings. The summed E-state index contributed by atoms with van der Waals surface area (Å²) >= 11 is 0. The first kappa shape index (κ1) is 17.6. The predicted molar refractivity (Wildman–Crippen MR) is 95.4 cm³/mol. The number of carbonyl (C=O) groups excluding carboxylic acids is 1. The maximum atomic E-state index is 12.9. The van der Waals surface area contributed by atoms with E-state index in [-0.39, 0.29) is 17.6 Å². The number of halogens is 1. The molecule has 1 fully saturated rings. The summed E-state index contributed by atoms with van der Waals surface area (Å²) in [5.74, 6) is 0.0784. The van der Waals surface area contributed by atoms with Crippen molar-refractivity contribution in [2.75, 3.05) is 13.1 Å². The van der Waals surface area contributed by atoms with Crippen molar-refractivity contribution in [2.45, 2.75) is 31.8 Å². The number of aliphatic hydroxyl groups excluding tert-OH is 1. The van der Waals surface area contributed by atoms with Crippen LogP contribution in [0, 0.1) is 11.7 Å². The number of hydrogen-bond donors (Lipinski definition) is 1. The molecule has 25 heavy (non-hydrogen) atoms. The Balaban J connectivity index is 1.46. The molecule has 0 radical (unpaired) electrons. The highest BCUT2D eigenvalue weighted by Crippen LogP contribution is 2.30. The molecular formula is C21H24FNO2. The lowest BCUT2D eigenvalue weighted by molar-refractivity contribution is -0.133. The number of amides is 1. The van der Waals surface area contributed by atoms with Gasteiger partial charge in [-0.1, -0.05) is 42.5 Å². The van der Waals surface area contributed by atoms with Crippen LogP contribution in [0.2, 0.25) is 0 Å². The van der Waals surface area contributed by atoms with E-state index in [1.807, 2.05) is 35.2 Å². The van der Waals surface area contributed by atoms with E-state index in [0.717, 1.165) is 24.0 Å². The van der Waals surface area contributed by atoms with Gasteiger partial charge in [0, 0.05) is 19.5 Å². The Morgan fingerprint density at radius 3 is 2.36 bits per heavy atom. The van der Waals surface area contributed by atoms with Gasteiger partial charge in [0.15, 0.2) is 0 Å². The first-order chi connectivity index (χ1) is 12.1. The van der Waals surface area contributed by atoms with Crippen LogP contribution in [0.15, 0.2) is 54.6 Å². The highest BCUT2D eigenvalue weighted by atomic mass is 19.1. The van der Waals surface area contributed by atoms with Gasteiger partial charge in [-0.3, -0.25) is 4.79 Å². The third-order valence-electron chi connectivity index (χ3n) is 5.02. The number of rotatable bonds is 5. The number of likely N-dealkylation sites (tertiary alicyclic amines) is 1. The van der Waals surface area contributed by atoms with E-state index in [9.17, 15) is 14.3 Å². The maximum absolute atomic E-state index is 12.9. The van der Waals surface area contributed by atoms with E-state index in [1.165, 1.54) is 12.1 Å². The molecule has 1 heterocycles. The van der Waals surface area contributed by atoms with Crippen molar-refractivity contribution >= 4 is 5.91 Å². The lowest BCUT2D eigenvalue weighted by Crippen LogP contribution is -2.39. The van der Waals surface area contributed by atoms with Gasteiger partial charge in [0.25, 0.3) is 0 Å². The van der Waals surface area contributed by atoms with Crippen LogP contribution in [0.4, 0.5) is 4.39 Å². The SMILES string of the molecule is O=C(CCc1ccc(F)cc1)N1CCC([C@H](O)c2ccccc2)CC1. The number of benzene rings is 2. The Bertz CT molecular complexity index is 679. The lowest BCUT2D eigenvalue weighted by Gasteiger charge is -2.34. The molecule has 0 aliphatic carbocycles. The second kappa shape index (κ2) is 8.26. The molecule has 1 atom stereocenters. The van der Waals surface area contributed by atoms with E-state index in [4.69, 9.17) is 0 Å². The van der Waals surface area contributed by atoms with Crippen LogP contribution < -0.4 is 0 Å². The van der Waals surface area contributed by atoms with E-state index < -0.39 is 6.10 Å². The molecule has 4 heteroatoms. The zero-order valence-electron chi connectivity index (χ0n) is 14.3. The van der Waals surface area contributed by atoms with Gasteiger partial charge in [-0.2, -0.15) is 0 Å². The molecular weight excluding hydrogens is 317 g/mol. The Morgan fingerprint density at radius 2 is 1.72 bits per heavy atom. The van der Waals surface area contributed by atoms with Crippen molar-refractivity contribution in [1.82, 2.24) is 4.90 Å². The molecule has 1 aliphatic heterocycles. The van der Waals surface area contributed by atoms with Crippen LogP contribution in [-0.2, 0) is 11.2 Å². The molecule has 1 N–H and O–H groups in total. The Morgan fingerprint density at radius 1 is 1.08 bits per heavy atom. The second-order valence-electron chi connectivity index (χ2n) is 6.70. The third-order valence-corrected chi connectivity index (χ3v) is 5.02. The topological polar surface area (TPSA) is 40.5 Å². The van der Waals surface area contributed by atoms with Crippen molar-refractivity contribution < 1.29 is 14.3 Å². The molecule has 3 nitrogen and oxygen atoms in total. The summed E-state index contributed by atoms with van der Waals surface area (Å²) in [5, 5.41) is 10.5. The molecule has 3 rings (SSSR count). The molecule has 2 aromatic carbocycles. The molecule has 1 amide bonds. The van der Waals surface area contributed by atoms with Crippen LogP contribution in [0.3, 0.4) is 0 Å². The first-order valence-corrected chi connectivity index (χ1v) is 8.89. The van der Waals surface area contributed by atoms with Gasteiger partial charge in [0.05, 0.1) is 6.10 Å². The quantitative estimate of drug-likeness (QED) is 0.900. The fourth-order valence-electron chi connectivity index (χ4n) is 3.45. The summed E-state index contributed by atoms with van der Waals surface area (Å²) < 4.78 is 12.9. The molecule has 132 valence electrons. The van der Waals surface area contributed by atoms with E-state index in [1.54, 1.807) is 12.1 Å². The molecule has 0 saturated carbocycles. The summed E-state index contributed by atoms with van der Waals surface area (Å²) in [6, 6.07) is 16.0. The third kappa shape index (κ3) is 4.67. The number of piperidine rings is 1. The van der Waals surface area contributed by atoms with E-state index in [0.29, 0.717) is 25.9 Å². The summed E-state index contributed by atoms with van der Waals surface area (Å²) in [6.07, 6.45) is 2.25. The van der Waals surface area contributed by atoms with Crippen LogP contribution in [-0.4, -0.2) is 29.0 Å². The predicted octanol–water partition coefficient (Wildman–Crippen LogP) is 3.73. The Hall–Kier alpha value is -2.20. The van der Waals surface area contributed by atoms with Gasteiger partial charge in [-0.15, -0.1) is 0 Å². The molecule has 1 aliphatic rings. The highest BCUT2D eigenvalue weighted by Gasteiger charge is 2.27. The number of aryl methyl sites for hydroxylation is 1. The molecule has 0 unspecified atom stereocenters. The average Bonchev–Trinajstić information content (AvgIpc) is 2.67. The summed E-state index contributed by atoms with van der Waals surface area (Å²) in [4.78, 5) is 14.3. The van der Waals surface area contributed by atoms with E-state index in [2.05, 4.69) is 0 Å². The zero-order chi connectivity index (χ0) is 17.6. The van der Waals surface area contributed by atoms with Crippen LogP contribution in [0.1, 0.15) is 36.5 Å². The van der Waals surface area contributed by atoms with Crippen LogP contribution in [0.25, 0.3) is 0 Å². The second-order valence-corrected chi connectivity index (χ2v) is 6.70. The van der Waals surface area contributed by atoms with Gasteiger partial charge in [-0.05, 0) is 48.4 Å². The molecule has 0 bridgehead atoms. The van der Waals surface area contributed by atoms with Crippen molar-refractivity contribution in [3.8, 4) is 0 Å². The van der Waals surface area contributed by atoms with Crippen LogP contribution >= 0.6 is 0 Å². The van der Waals surface area contributed by atoms with Crippen LogP contribution in [0.5, 0.6) is 0 Å². The minimum atomic E-state index is -0.460. The summed E-state index contributed by atoms with van der Waals surface area (Å²) in [6.45, 7) is 1.38. The highest BCUT2D eigenvalue weighted by molar-refractivity contribution is 5.76.